The van der Waals surface area contributed by atoms with Crippen molar-refractivity contribution in [1.82, 2.24) is 15.0 Å². The maximum absolute atomic E-state index is 4.02. The number of nitrogens with zero attached hydrogens (tertiary/aromatic N) is 3. The number of aryl methyl sites for hydroxylation is 1. The molecule has 3 heteroatoms. The second kappa shape index (κ2) is 3.51. The zero-order valence-electron chi connectivity index (χ0n) is 7.41. The highest BCUT2D eigenvalue weighted by Crippen LogP contribution is 2.13. The van der Waals surface area contributed by atoms with Crippen LogP contribution >= 0.6 is 0 Å². The van der Waals surface area contributed by atoms with Crippen LogP contribution in [-0.2, 0) is 0 Å². The predicted molar refractivity (Wildman–Crippen MR) is 44.4 cm³/mol. The fraction of sp³-hybridized carbons (Fsp3) is 0.750. The van der Waals surface area contributed by atoms with Crippen LogP contribution in [0, 0.1) is 6.92 Å². The molecule has 1 aromatic heterocycles. The van der Waals surface area contributed by atoms with Gasteiger partial charge in [0.1, 0.15) is 0 Å². The molecule has 0 aromatic carbocycles. The molecular weight excluding hydrogens is 138 g/mol. The molecule has 0 aliphatic carbocycles. The Bertz CT molecular complexity index is 213. The molecule has 62 valence electrons. The number of hydrogen-bond donors (Lipinski definition) is 0. The molecule has 0 aliphatic heterocycles. The Morgan fingerprint density at radius 2 is 2.09 bits per heavy atom. The second-order valence-electron chi connectivity index (χ2n) is 2.81. The van der Waals surface area contributed by atoms with E-state index in [2.05, 4.69) is 24.2 Å². The van der Waals surface area contributed by atoms with Crippen LogP contribution in [0.3, 0.4) is 0 Å². The van der Waals surface area contributed by atoms with Crippen molar-refractivity contribution in [2.75, 3.05) is 0 Å². The summed E-state index contributed by atoms with van der Waals surface area (Å²) in [6, 6.07) is 0.524. The minimum Gasteiger partial charge on any atom is -0.249 e. The summed E-state index contributed by atoms with van der Waals surface area (Å²) in [7, 11) is 0. The largest absolute Gasteiger partial charge is 0.249 e. The van der Waals surface area contributed by atoms with Gasteiger partial charge in [0.15, 0.2) is 0 Å². The van der Waals surface area contributed by atoms with Gasteiger partial charge in [-0.05, 0) is 19.8 Å². The third kappa shape index (κ3) is 1.79. The molecule has 1 heterocycles. The Morgan fingerprint density at radius 1 is 1.45 bits per heavy atom. The lowest BCUT2D eigenvalue weighted by Gasteiger charge is -2.10. The van der Waals surface area contributed by atoms with Crippen LogP contribution < -0.4 is 0 Å². The Labute approximate surface area is 67.4 Å². The van der Waals surface area contributed by atoms with Gasteiger partial charge in [-0.3, -0.25) is 0 Å². The van der Waals surface area contributed by atoms with Crippen molar-refractivity contribution < 1.29 is 0 Å². The van der Waals surface area contributed by atoms with E-state index in [0.717, 1.165) is 18.5 Å². The van der Waals surface area contributed by atoms with E-state index in [4.69, 9.17) is 0 Å². The first-order valence-electron chi connectivity index (χ1n) is 4.16. The van der Waals surface area contributed by atoms with Gasteiger partial charge in [-0.1, -0.05) is 19.1 Å². The lowest BCUT2D eigenvalue weighted by molar-refractivity contribution is 0.418. The van der Waals surface area contributed by atoms with E-state index >= 15 is 0 Å². The first kappa shape index (κ1) is 8.24. The van der Waals surface area contributed by atoms with E-state index in [1.54, 1.807) is 0 Å². The van der Waals surface area contributed by atoms with Crippen LogP contribution in [0.25, 0.3) is 0 Å². The molecule has 0 N–H and O–H groups in total. The third-order valence-electron chi connectivity index (χ3n) is 1.94. The average Bonchev–Trinajstić information content (AvgIpc) is 2.39. The average molecular weight is 153 g/mol. The van der Waals surface area contributed by atoms with Gasteiger partial charge in [0.05, 0.1) is 11.7 Å². The normalized spacial score (nSPS) is 10.9. The minimum absolute atomic E-state index is 0.524. The van der Waals surface area contributed by atoms with E-state index in [9.17, 15) is 0 Å². The maximum Gasteiger partial charge on any atom is 0.0796 e. The molecule has 0 aliphatic rings. The molecule has 1 aromatic rings. The van der Waals surface area contributed by atoms with Crippen molar-refractivity contribution in [3.63, 3.8) is 0 Å². The fourth-order valence-corrected chi connectivity index (χ4v) is 1.21. The molecule has 0 unspecified atom stereocenters. The van der Waals surface area contributed by atoms with Crippen molar-refractivity contribution in [3.8, 4) is 0 Å². The summed E-state index contributed by atoms with van der Waals surface area (Å²) in [6.45, 7) is 6.31. The van der Waals surface area contributed by atoms with Crippen LogP contribution in [0.15, 0.2) is 6.20 Å². The van der Waals surface area contributed by atoms with Crippen molar-refractivity contribution in [1.29, 1.82) is 0 Å². The van der Waals surface area contributed by atoms with Crippen LogP contribution in [0.4, 0.5) is 0 Å². The molecule has 0 atom stereocenters. The molecule has 0 saturated carbocycles. The smallest absolute Gasteiger partial charge is 0.0796 e. The van der Waals surface area contributed by atoms with Gasteiger partial charge in [0.25, 0.3) is 0 Å². The van der Waals surface area contributed by atoms with Crippen molar-refractivity contribution in [2.45, 2.75) is 39.7 Å². The summed E-state index contributed by atoms with van der Waals surface area (Å²) >= 11 is 0. The summed E-state index contributed by atoms with van der Waals surface area (Å²) < 4.78 is 1.95. The molecular formula is C8H15N3. The summed E-state index contributed by atoms with van der Waals surface area (Å²) in [5.74, 6) is 0. The van der Waals surface area contributed by atoms with Crippen molar-refractivity contribution >= 4 is 0 Å². The quantitative estimate of drug-likeness (QED) is 0.664. The minimum atomic E-state index is 0.524. The zero-order valence-corrected chi connectivity index (χ0v) is 7.41. The Kier molecular flexibility index (Phi) is 2.63. The Hall–Kier alpha value is -0.860. The highest BCUT2D eigenvalue weighted by molar-refractivity contribution is 4.88. The van der Waals surface area contributed by atoms with Crippen LogP contribution in [0.1, 0.15) is 38.4 Å². The second-order valence-corrected chi connectivity index (χ2v) is 2.81. The number of hydrogen-bond acceptors (Lipinski definition) is 2. The molecule has 1 rings (SSSR count). The van der Waals surface area contributed by atoms with Gasteiger partial charge in [-0.25, -0.2) is 4.68 Å². The van der Waals surface area contributed by atoms with Crippen molar-refractivity contribution in [2.24, 2.45) is 0 Å². The molecule has 0 bridgehead atoms. The van der Waals surface area contributed by atoms with Gasteiger partial charge in [0.2, 0.25) is 0 Å². The van der Waals surface area contributed by atoms with Crippen LogP contribution in [-0.4, -0.2) is 15.0 Å². The number of rotatable bonds is 3. The monoisotopic (exact) mass is 153 g/mol. The van der Waals surface area contributed by atoms with Gasteiger partial charge < -0.3 is 0 Å². The topological polar surface area (TPSA) is 30.7 Å². The molecule has 0 amide bonds. The SMILES string of the molecule is CCC(CC)n1cc(C)nn1. The van der Waals surface area contributed by atoms with Crippen LogP contribution in [0.5, 0.6) is 0 Å². The van der Waals surface area contributed by atoms with Gasteiger partial charge in [-0.15, -0.1) is 5.10 Å². The standard InChI is InChI=1S/C8H15N3/c1-4-8(5-2)11-6-7(3)9-10-11/h6,8H,4-5H2,1-3H3. The first-order chi connectivity index (χ1) is 5.27. The number of aromatic nitrogens is 3. The van der Waals surface area contributed by atoms with Gasteiger partial charge >= 0.3 is 0 Å². The molecule has 3 nitrogen and oxygen atoms in total. The Morgan fingerprint density at radius 3 is 2.45 bits per heavy atom. The van der Waals surface area contributed by atoms with E-state index in [-0.39, 0.29) is 0 Å². The van der Waals surface area contributed by atoms with Gasteiger partial charge in [-0.2, -0.15) is 0 Å². The van der Waals surface area contributed by atoms with Crippen molar-refractivity contribution in [3.05, 3.63) is 11.9 Å². The zero-order chi connectivity index (χ0) is 8.27. The summed E-state index contributed by atoms with van der Waals surface area (Å²) in [5.41, 5.74) is 0.997. The summed E-state index contributed by atoms with van der Waals surface area (Å²) in [5, 5.41) is 7.97. The van der Waals surface area contributed by atoms with E-state index in [1.807, 2.05) is 17.8 Å². The lowest BCUT2D eigenvalue weighted by Crippen LogP contribution is -2.07. The molecule has 11 heavy (non-hydrogen) atoms. The van der Waals surface area contributed by atoms with Crippen LogP contribution in [0.2, 0.25) is 0 Å². The molecule has 0 spiro atoms. The first-order valence-corrected chi connectivity index (χ1v) is 4.16. The van der Waals surface area contributed by atoms with Gasteiger partial charge in [0, 0.05) is 6.20 Å². The maximum atomic E-state index is 4.02. The molecule has 0 fully saturated rings. The third-order valence-corrected chi connectivity index (χ3v) is 1.94. The molecule has 0 saturated heterocycles. The summed E-state index contributed by atoms with van der Waals surface area (Å²) in [4.78, 5) is 0. The highest BCUT2D eigenvalue weighted by Gasteiger charge is 2.06. The Balaban J connectivity index is 2.73. The van der Waals surface area contributed by atoms with E-state index < -0.39 is 0 Å². The summed E-state index contributed by atoms with van der Waals surface area (Å²) in [6.07, 6.45) is 4.25. The molecule has 0 radical (unpaired) electrons. The lowest BCUT2D eigenvalue weighted by atomic mass is 10.2. The fourth-order valence-electron chi connectivity index (χ4n) is 1.21. The highest BCUT2D eigenvalue weighted by atomic mass is 15.4. The van der Waals surface area contributed by atoms with E-state index in [1.165, 1.54) is 0 Å². The van der Waals surface area contributed by atoms with E-state index in [0.29, 0.717) is 6.04 Å². The predicted octanol–water partition coefficient (Wildman–Crippen LogP) is 1.95.